The molecule has 0 fully saturated rings. The molecule has 1 aromatic carbocycles. The Morgan fingerprint density at radius 2 is 1.78 bits per heavy atom. The van der Waals surface area contributed by atoms with Gasteiger partial charge in [0.15, 0.2) is 0 Å². The summed E-state index contributed by atoms with van der Waals surface area (Å²) in [7, 11) is 0. The van der Waals surface area contributed by atoms with Gasteiger partial charge in [-0.3, -0.25) is 0 Å². The summed E-state index contributed by atoms with van der Waals surface area (Å²) in [6.45, 7) is 9.26. The van der Waals surface area contributed by atoms with Gasteiger partial charge in [0.25, 0.3) is 0 Å². The maximum absolute atomic E-state index is 5.69. The van der Waals surface area contributed by atoms with Gasteiger partial charge in [-0.2, -0.15) is 0 Å². The zero-order valence-electron chi connectivity index (χ0n) is 11.7. The van der Waals surface area contributed by atoms with E-state index in [-0.39, 0.29) is 0 Å². The lowest BCUT2D eigenvalue weighted by Gasteiger charge is -2.12. The number of aryl methyl sites for hydroxylation is 1. The fourth-order valence-corrected chi connectivity index (χ4v) is 1.96. The van der Waals surface area contributed by atoms with Crippen molar-refractivity contribution >= 4 is 0 Å². The Balaban J connectivity index is 2.63. The first-order valence-corrected chi connectivity index (χ1v) is 6.99. The molecule has 0 aliphatic heterocycles. The summed E-state index contributed by atoms with van der Waals surface area (Å²) in [4.78, 5) is 0. The van der Waals surface area contributed by atoms with Gasteiger partial charge in [-0.25, -0.2) is 0 Å². The van der Waals surface area contributed by atoms with Gasteiger partial charge in [-0.15, -0.1) is 0 Å². The van der Waals surface area contributed by atoms with E-state index in [9.17, 15) is 0 Å². The molecule has 18 heavy (non-hydrogen) atoms. The van der Waals surface area contributed by atoms with E-state index in [1.165, 1.54) is 24.8 Å². The van der Waals surface area contributed by atoms with Crippen molar-refractivity contribution in [2.24, 2.45) is 0 Å². The molecule has 0 aromatic heterocycles. The van der Waals surface area contributed by atoms with Crippen LogP contribution >= 0.6 is 0 Å². The summed E-state index contributed by atoms with van der Waals surface area (Å²) in [5, 5.41) is 0. The zero-order valence-corrected chi connectivity index (χ0v) is 11.7. The number of rotatable bonds is 9. The van der Waals surface area contributed by atoms with Crippen molar-refractivity contribution in [2.45, 2.75) is 46.0 Å². The summed E-state index contributed by atoms with van der Waals surface area (Å²) in [5.74, 6) is 1.86. The highest BCUT2D eigenvalue weighted by Crippen LogP contribution is 2.26. The average molecular weight is 249 g/mol. The van der Waals surface area contributed by atoms with E-state index < -0.39 is 0 Å². The van der Waals surface area contributed by atoms with Crippen molar-refractivity contribution in [3.05, 3.63) is 30.7 Å². The van der Waals surface area contributed by atoms with E-state index in [2.05, 4.69) is 13.0 Å². The van der Waals surface area contributed by atoms with Crippen LogP contribution in [0.5, 0.6) is 11.5 Å². The van der Waals surface area contributed by atoms with Crippen molar-refractivity contribution in [1.82, 2.24) is 0 Å². The standard InChI is InChI=1S/C16H25O2/c1-4-7-8-9-10-14-11-12-15(17-5-2)13-16(14)18-6-3/h11-13H,1,4-10H2,2-3H3. The Labute approximate surface area is 111 Å². The predicted octanol–water partition coefficient (Wildman–Crippen LogP) is 4.42. The quantitative estimate of drug-likeness (QED) is 0.603. The first kappa shape index (κ1) is 14.9. The number of hydrogen-bond acceptors (Lipinski definition) is 2. The smallest absolute Gasteiger partial charge is 0.126 e. The molecule has 0 amide bonds. The summed E-state index contributed by atoms with van der Waals surface area (Å²) >= 11 is 0. The lowest BCUT2D eigenvalue weighted by molar-refractivity contribution is 0.320. The van der Waals surface area contributed by atoms with Crippen LogP contribution in [0.25, 0.3) is 0 Å². The number of ether oxygens (including phenoxy) is 2. The number of hydrogen-bond donors (Lipinski definition) is 0. The molecule has 101 valence electrons. The molecule has 0 N–H and O–H groups in total. The predicted molar refractivity (Wildman–Crippen MR) is 76.3 cm³/mol. The minimum Gasteiger partial charge on any atom is -0.494 e. The van der Waals surface area contributed by atoms with E-state index in [0.29, 0.717) is 13.2 Å². The number of unbranched alkanes of at least 4 members (excludes halogenated alkanes) is 3. The topological polar surface area (TPSA) is 18.5 Å². The SMILES string of the molecule is [CH2]CCCCCc1ccc(OCC)cc1OCC. The maximum atomic E-state index is 5.69. The average Bonchev–Trinajstić information content (AvgIpc) is 2.37. The van der Waals surface area contributed by atoms with Crippen LogP contribution in [0.2, 0.25) is 0 Å². The van der Waals surface area contributed by atoms with Crippen LogP contribution in [-0.4, -0.2) is 13.2 Å². The normalized spacial score (nSPS) is 10.4. The molecule has 1 aromatic rings. The van der Waals surface area contributed by atoms with Crippen LogP contribution in [-0.2, 0) is 6.42 Å². The van der Waals surface area contributed by atoms with Gasteiger partial charge in [0.1, 0.15) is 11.5 Å². The van der Waals surface area contributed by atoms with E-state index in [1.807, 2.05) is 26.0 Å². The fraction of sp³-hybridized carbons (Fsp3) is 0.562. The molecule has 0 heterocycles. The van der Waals surface area contributed by atoms with Crippen LogP contribution in [0, 0.1) is 6.92 Å². The third kappa shape index (κ3) is 4.99. The van der Waals surface area contributed by atoms with E-state index in [0.717, 1.165) is 24.3 Å². The van der Waals surface area contributed by atoms with Crippen LogP contribution in [0.3, 0.4) is 0 Å². The second kappa shape index (κ2) is 8.84. The second-order valence-corrected chi connectivity index (χ2v) is 4.30. The van der Waals surface area contributed by atoms with Gasteiger partial charge < -0.3 is 9.47 Å². The van der Waals surface area contributed by atoms with Crippen molar-refractivity contribution in [3.8, 4) is 11.5 Å². The zero-order chi connectivity index (χ0) is 13.2. The van der Waals surface area contributed by atoms with Gasteiger partial charge in [0, 0.05) is 6.07 Å². The van der Waals surface area contributed by atoms with Gasteiger partial charge >= 0.3 is 0 Å². The molecule has 0 atom stereocenters. The first-order chi connectivity index (χ1) is 8.81. The Kier molecular flexibility index (Phi) is 7.31. The molecule has 2 heteroatoms. The Morgan fingerprint density at radius 3 is 2.44 bits per heavy atom. The van der Waals surface area contributed by atoms with Gasteiger partial charge in [0.05, 0.1) is 13.2 Å². The molecule has 0 aliphatic carbocycles. The fourth-order valence-electron chi connectivity index (χ4n) is 1.96. The van der Waals surface area contributed by atoms with Crippen LogP contribution in [0.4, 0.5) is 0 Å². The molecule has 0 unspecified atom stereocenters. The Bertz CT molecular complexity index is 334. The largest absolute Gasteiger partial charge is 0.494 e. The Morgan fingerprint density at radius 1 is 1.00 bits per heavy atom. The van der Waals surface area contributed by atoms with Crippen LogP contribution < -0.4 is 9.47 Å². The van der Waals surface area contributed by atoms with Crippen molar-refractivity contribution in [2.75, 3.05) is 13.2 Å². The van der Waals surface area contributed by atoms with Gasteiger partial charge in [-0.1, -0.05) is 32.3 Å². The van der Waals surface area contributed by atoms with Crippen molar-refractivity contribution in [1.29, 1.82) is 0 Å². The lowest BCUT2D eigenvalue weighted by Crippen LogP contribution is -1.99. The molecule has 0 bridgehead atoms. The third-order valence-corrected chi connectivity index (χ3v) is 2.85. The second-order valence-electron chi connectivity index (χ2n) is 4.30. The van der Waals surface area contributed by atoms with Gasteiger partial charge in [0.2, 0.25) is 0 Å². The molecular weight excluding hydrogens is 224 g/mol. The van der Waals surface area contributed by atoms with Crippen molar-refractivity contribution in [3.63, 3.8) is 0 Å². The van der Waals surface area contributed by atoms with E-state index >= 15 is 0 Å². The summed E-state index contributed by atoms with van der Waals surface area (Å²) in [6, 6.07) is 6.16. The van der Waals surface area contributed by atoms with Crippen LogP contribution in [0.15, 0.2) is 18.2 Å². The summed E-state index contributed by atoms with van der Waals surface area (Å²) < 4.78 is 11.2. The minimum absolute atomic E-state index is 0.689. The molecule has 0 spiro atoms. The molecule has 0 saturated heterocycles. The highest BCUT2D eigenvalue weighted by molar-refractivity contribution is 5.40. The molecule has 2 nitrogen and oxygen atoms in total. The summed E-state index contributed by atoms with van der Waals surface area (Å²) in [5.41, 5.74) is 1.28. The molecule has 1 radical (unpaired) electrons. The molecule has 1 rings (SSSR count). The monoisotopic (exact) mass is 249 g/mol. The highest BCUT2D eigenvalue weighted by Gasteiger charge is 2.05. The van der Waals surface area contributed by atoms with E-state index in [4.69, 9.17) is 9.47 Å². The van der Waals surface area contributed by atoms with Crippen molar-refractivity contribution < 1.29 is 9.47 Å². The summed E-state index contributed by atoms with van der Waals surface area (Å²) in [6.07, 6.45) is 5.75. The maximum Gasteiger partial charge on any atom is 0.126 e. The Hall–Kier alpha value is -1.18. The van der Waals surface area contributed by atoms with E-state index in [1.54, 1.807) is 0 Å². The lowest BCUT2D eigenvalue weighted by atomic mass is 10.1. The first-order valence-electron chi connectivity index (χ1n) is 6.99. The molecular formula is C16H25O2. The highest BCUT2D eigenvalue weighted by atomic mass is 16.5. The third-order valence-electron chi connectivity index (χ3n) is 2.85. The van der Waals surface area contributed by atoms with Gasteiger partial charge in [-0.05, 0) is 38.3 Å². The molecule has 0 aliphatic rings. The molecule has 0 saturated carbocycles. The number of benzene rings is 1. The minimum atomic E-state index is 0.689. The van der Waals surface area contributed by atoms with Crippen LogP contribution in [0.1, 0.15) is 45.1 Å².